The van der Waals surface area contributed by atoms with Crippen LogP contribution in [0.5, 0.6) is 0 Å². The molecule has 0 saturated carbocycles. The minimum Gasteiger partial charge on any atom is -0.341 e. The molecule has 4 heteroatoms. The first-order valence-corrected chi connectivity index (χ1v) is 6.93. The molecular formula is C15H22N2O2. The molecule has 1 aliphatic heterocycles. The lowest BCUT2D eigenvalue weighted by Gasteiger charge is -2.31. The molecule has 0 unspecified atom stereocenters. The summed E-state index contributed by atoms with van der Waals surface area (Å²) in [6, 6.07) is 10.6. The Morgan fingerprint density at radius 2 is 1.95 bits per heavy atom. The maximum absolute atomic E-state index is 11.6. The number of rotatable bonds is 5. The second-order valence-electron chi connectivity index (χ2n) is 5.16. The van der Waals surface area contributed by atoms with E-state index in [1.165, 1.54) is 12.0 Å². The average Bonchev–Trinajstić information content (AvgIpc) is 2.47. The van der Waals surface area contributed by atoms with Gasteiger partial charge in [-0.2, -0.15) is 0 Å². The zero-order valence-corrected chi connectivity index (χ0v) is 11.3. The summed E-state index contributed by atoms with van der Waals surface area (Å²) in [5.41, 5.74) is 1.40. The molecule has 1 amide bonds. The van der Waals surface area contributed by atoms with Crippen molar-refractivity contribution < 1.29 is 9.63 Å². The molecule has 104 valence electrons. The van der Waals surface area contributed by atoms with Crippen molar-refractivity contribution in [2.45, 2.75) is 25.7 Å². The number of amides is 1. The molecule has 2 N–H and O–H groups in total. The lowest BCUT2D eigenvalue weighted by atomic mass is 9.90. The highest BCUT2D eigenvalue weighted by Gasteiger charge is 2.22. The van der Waals surface area contributed by atoms with Gasteiger partial charge in [-0.1, -0.05) is 30.3 Å². The summed E-state index contributed by atoms with van der Waals surface area (Å²) in [5, 5.41) is 0. The quantitative estimate of drug-likeness (QED) is 0.822. The molecule has 4 nitrogen and oxygen atoms in total. The highest BCUT2D eigenvalue weighted by atomic mass is 16.6. The van der Waals surface area contributed by atoms with Gasteiger partial charge in [0.25, 0.3) is 5.91 Å². The Labute approximate surface area is 114 Å². The van der Waals surface area contributed by atoms with E-state index in [9.17, 15) is 4.79 Å². The molecule has 0 spiro atoms. The topological polar surface area (TPSA) is 55.6 Å². The second-order valence-corrected chi connectivity index (χ2v) is 5.16. The number of nitrogens with zero attached hydrogens (tertiary/aromatic N) is 1. The first-order valence-electron chi connectivity index (χ1n) is 6.93. The van der Waals surface area contributed by atoms with Crippen LogP contribution >= 0.6 is 0 Å². The summed E-state index contributed by atoms with van der Waals surface area (Å²) < 4.78 is 0. The number of likely N-dealkylation sites (tertiary alicyclic amines) is 1. The smallest absolute Gasteiger partial charge is 0.250 e. The van der Waals surface area contributed by atoms with Gasteiger partial charge >= 0.3 is 0 Å². The summed E-state index contributed by atoms with van der Waals surface area (Å²) in [6.07, 6.45) is 4.51. The average molecular weight is 262 g/mol. The van der Waals surface area contributed by atoms with Crippen molar-refractivity contribution in [2.24, 2.45) is 11.8 Å². The van der Waals surface area contributed by atoms with Crippen LogP contribution in [0.1, 0.15) is 24.8 Å². The van der Waals surface area contributed by atoms with Crippen LogP contribution in [-0.2, 0) is 16.1 Å². The van der Waals surface area contributed by atoms with Gasteiger partial charge in [-0.25, -0.2) is 5.90 Å². The lowest BCUT2D eigenvalue weighted by molar-refractivity contribution is -0.137. The van der Waals surface area contributed by atoms with Gasteiger partial charge in [0.1, 0.15) is 6.61 Å². The summed E-state index contributed by atoms with van der Waals surface area (Å²) in [4.78, 5) is 17.9. The van der Waals surface area contributed by atoms with Gasteiger partial charge in [-0.15, -0.1) is 0 Å². The number of piperidine rings is 1. The third-order valence-corrected chi connectivity index (χ3v) is 3.86. The normalized spacial score (nSPS) is 16.6. The maximum Gasteiger partial charge on any atom is 0.250 e. The van der Waals surface area contributed by atoms with E-state index in [0.717, 1.165) is 38.3 Å². The first-order chi connectivity index (χ1) is 9.29. The van der Waals surface area contributed by atoms with E-state index >= 15 is 0 Å². The van der Waals surface area contributed by atoms with Gasteiger partial charge < -0.3 is 4.90 Å². The number of hydrogen-bond donors (Lipinski definition) is 1. The van der Waals surface area contributed by atoms with Gasteiger partial charge in [-0.3, -0.25) is 9.63 Å². The molecule has 1 fully saturated rings. The van der Waals surface area contributed by atoms with E-state index in [-0.39, 0.29) is 12.5 Å². The Morgan fingerprint density at radius 3 is 2.58 bits per heavy atom. The van der Waals surface area contributed by atoms with Gasteiger partial charge in [-0.05, 0) is 37.2 Å². The van der Waals surface area contributed by atoms with Gasteiger partial charge in [0.2, 0.25) is 0 Å². The van der Waals surface area contributed by atoms with Crippen molar-refractivity contribution in [1.29, 1.82) is 0 Å². The van der Waals surface area contributed by atoms with Crippen molar-refractivity contribution in [1.82, 2.24) is 4.90 Å². The third-order valence-electron chi connectivity index (χ3n) is 3.86. The number of carbonyl (C=O) groups is 1. The first kappa shape index (κ1) is 14.0. The molecule has 0 bridgehead atoms. The minimum atomic E-state index is -0.00528. The highest BCUT2D eigenvalue weighted by molar-refractivity contribution is 5.77. The van der Waals surface area contributed by atoms with E-state index < -0.39 is 0 Å². The molecule has 1 aliphatic rings. The summed E-state index contributed by atoms with van der Waals surface area (Å²) in [5.74, 6) is 5.66. The SMILES string of the molecule is NOCC(=O)N1CCC(CCc2ccccc2)CC1. The molecule has 1 aromatic carbocycles. The molecule has 0 aliphatic carbocycles. The number of benzene rings is 1. The fourth-order valence-electron chi connectivity index (χ4n) is 2.65. The fourth-order valence-corrected chi connectivity index (χ4v) is 2.65. The van der Waals surface area contributed by atoms with Crippen LogP contribution in [-0.4, -0.2) is 30.5 Å². The van der Waals surface area contributed by atoms with Gasteiger partial charge in [0.05, 0.1) is 0 Å². The molecular weight excluding hydrogens is 240 g/mol. The Kier molecular flexibility index (Phi) is 5.36. The van der Waals surface area contributed by atoms with E-state index in [0.29, 0.717) is 0 Å². The van der Waals surface area contributed by atoms with Gasteiger partial charge in [0.15, 0.2) is 0 Å². The molecule has 1 aromatic rings. The van der Waals surface area contributed by atoms with Crippen LogP contribution in [0, 0.1) is 5.92 Å². The van der Waals surface area contributed by atoms with E-state index in [1.54, 1.807) is 0 Å². The van der Waals surface area contributed by atoms with E-state index in [1.807, 2.05) is 11.0 Å². The predicted octanol–water partition coefficient (Wildman–Crippen LogP) is 1.75. The van der Waals surface area contributed by atoms with Crippen LogP contribution in [0.25, 0.3) is 0 Å². The monoisotopic (exact) mass is 262 g/mol. The van der Waals surface area contributed by atoms with Crippen LogP contribution in [0.3, 0.4) is 0 Å². The Balaban J connectivity index is 1.70. The molecule has 0 radical (unpaired) electrons. The van der Waals surface area contributed by atoms with E-state index in [2.05, 4.69) is 29.1 Å². The largest absolute Gasteiger partial charge is 0.341 e. The molecule has 0 aromatic heterocycles. The molecule has 2 rings (SSSR count). The zero-order valence-electron chi connectivity index (χ0n) is 11.3. The summed E-state index contributed by atoms with van der Waals surface area (Å²) >= 11 is 0. The Hall–Kier alpha value is -1.39. The van der Waals surface area contributed by atoms with Crippen LogP contribution < -0.4 is 5.90 Å². The summed E-state index contributed by atoms with van der Waals surface area (Å²) in [7, 11) is 0. The van der Waals surface area contributed by atoms with Crippen molar-refractivity contribution in [3.8, 4) is 0 Å². The fraction of sp³-hybridized carbons (Fsp3) is 0.533. The van der Waals surface area contributed by atoms with Crippen LogP contribution in [0.15, 0.2) is 30.3 Å². The molecule has 0 atom stereocenters. The number of aryl methyl sites for hydroxylation is 1. The standard InChI is InChI=1S/C15H22N2O2/c16-19-12-15(18)17-10-8-14(9-11-17)7-6-13-4-2-1-3-5-13/h1-5,14H,6-12,16H2. The molecule has 19 heavy (non-hydrogen) atoms. The Bertz CT molecular complexity index is 386. The number of hydrogen-bond acceptors (Lipinski definition) is 3. The van der Waals surface area contributed by atoms with Crippen molar-refractivity contribution >= 4 is 5.91 Å². The van der Waals surface area contributed by atoms with Crippen LogP contribution in [0.2, 0.25) is 0 Å². The van der Waals surface area contributed by atoms with Crippen molar-refractivity contribution in [2.75, 3.05) is 19.7 Å². The zero-order chi connectivity index (χ0) is 13.5. The molecule has 1 heterocycles. The lowest BCUT2D eigenvalue weighted by Crippen LogP contribution is -2.40. The predicted molar refractivity (Wildman–Crippen MR) is 74.2 cm³/mol. The third kappa shape index (κ3) is 4.33. The highest BCUT2D eigenvalue weighted by Crippen LogP contribution is 2.22. The maximum atomic E-state index is 11.6. The van der Waals surface area contributed by atoms with Crippen molar-refractivity contribution in [3.05, 3.63) is 35.9 Å². The van der Waals surface area contributed by atoms with Crippen molar-refractivity contribution in [3.63, 3.8) is 0 Å². The van der Waals surface area contributed by atoms with Gasteiger partial charge in [0, 0.05) is 13.1 Å². The number of carbonyl (C=O) groups excluding carboxylic acids is 1. The Morgan fingerprint density at radius 1 is 1.26 bits per heavy atom. The number of nitrogens with two attached hydrogens (primary N) is 1. The van der Waals surface area contributed by atoms with Crippen LogP contribution in [0.4, 0.5) is 0 Å². The van der Waals surface area contributed by atoms with E-state index in [4.69, 9.17) is 5.90 Å². The minimum absolute atomic E-state index is 0.00371. The summed E-state index contributed by atoms with van der Waals surface area (Å²) in [6.45, 7) is 1.66. The second kappa shape index (κ2) is 7.26. The molecule has 1 saturated heterocycles.